The van der Waals surface area contributed by atoms with Crippen LogP contribution in [0.2, 0.25) is 0 Å². The Morgan fingerprint density at radius 2 is 0.606 bits per heavy atom. The summed E-state index contributed by atoms with van der Waals surface area (Å²) in [6, 6.07) is 0. The quantitative estimate of drug-likeness (QED) is 0.0211. The average molecular weight is 1340 g/mol. The van der Waals surface area contributed by atoms with Crippen LogP contribution in [-0.2, 0) is 32.7 Å². The molecule has 0 heterocycles. The third kappa shape index (κ3) is 78.4. The van der Waals surface area contributed by atoms with Crippen LogP contribution in [0.25, 0.3) is 0 Å². The Hall–Kier alpha value is -2.55. The van der Waals surface area contributed by atoms with E-state index in [-0.39, 0.29) is 25.6 Å². The van der Waals surface area contributed by atoms with Gasteiger partial charge in [-0.1, -0.05) is 376 Å². The second kappa shape index (κ2) is 74.7. The van der Waals surface area contributed by atoms with Crippen LogP contribution in [0.3, 0.4) is 0 Å². The lowest BCUT2D eigenvalue weighted by Crippen LogP contribution is -2.37. The number of ether oxygens (including phenoxy) is 2. The van der Waals surface area contributed by atoms with Gasteiger partial charge in [-0.25, -0.2) is 4.57 Å². The lowest BCUT2D eigenvalue weighted by Gasteiger charge is -2.24. The van der Waals surface area contributed by atoms with Crippen molar-refractivity contribution in [2.75, 3.05) is 47.5 Å². The van der Waals surface area contributed by atoms with Gasteiger partial charge in [-0.15, -0.1) is 0 Å². The Balaban J connectivity index is 3.91. The first-order chi connectivity index (χ1) is 46.0. The van der Waals surface area contributed by atoms with Crippen LogP contribution in [-0.4, -0.2) is 74.9 Å². The first kappa shape index (κ1) is 91.4. The number of phosphoric acid groups is 1. The van der Waals surface area contributed by atoms with Gasteiger partial charge in [0.15, 0.2) is 6.10 Å². The van der Waals surface area contributed by atoms with Gasteiger partial charge in [0, 0.05) is 12.8 Å². The number of carbonyl (C=O) groups excluding carboxylic acids is 2. The van der Waals surface area contributed by atoms with E-state index in [1.54, 1.807) is 0 Å². The Kier molecular flexibility index (Phi) is 72.6. The predicted molar refractivity (Wildman–Crippen MR) is 409 cm³/mol. The van der Waals surface area contributed by atoms with Crippen LogP contribution in [0.1, 0.15) is 399 Å². The van der Waals surface area contributed by atoms with E-state index in [9.17, 15) is 19.0 Å². The monoisotopic (exact) mass is 1340 g/mol. The number of nitrogens with zero attached hydrogens (tertiary/aromatic N) is 1. The zero-order valence-electron chi connectivity index (χ0n) is 63.0. The highest BCUT2D eigenvalue weighted by atomic mass is 31.2. The van der Waals surface area contributed by atoms with Crippen LogP contribution in [0.15, 0.2) is 72.9 Å². The minimum atomic E-state index is -4.39. The van der Waals surface area contributed by atoms with E-state index in [1.807, 2.05) is 21.1 Å². The third-order valence-electron chi connectivity index (χ3n) is 18.2. The smallest absolute Gasteiger partial charge is 0.462 e. The van der Waals surface area contributed by atoms with E-state index in [2.05, 4.69) is 86.8 Å². The molecule has 10 heteroatoms. The van der Waals surface area contributed by atoms with E-state index < -0.39 is 26.5 Å². The van der Waals surface area contributed by atoms with Gasteiger partial charge in [0.05, 0.1) is 27.7 Å². The molecule has 0 rings (SSSR count). The molecule has 0 aliphatic rings. The zero-order chi connectivity index (χ0) is 68.3. The van der Waals surface area contributed by atoms with E-state index in [0.717, 1.165) is 64.2 Å². The van der Waals surface area contributed by atoms with Crippen molar-refractivity contribution in [3.8, 4) is 0 Å². The fraction of sp³-hybridized carbons (Fsp3) is 0.833. The molecular weight excluding hydrogens is 1180 g/mol. The molecule has 0 saturated carbocycles. The summed E-state index contributed by atoms with van der Waals surface area (Å²) in [7, 11) is 1.50. The minimum absolute atomic E-state index is 0.0335. The Labute approximate surface area is 584 Å². The summed E-state index contributed by atoms with van der Waals surface area (Å²) in [5.41, 5.74) is 0. The number of rotatable bonds is 76. The number of hydrogen-bond donors (Lipinski definition) is 1. The van der Waals surface area contributed by atoms with Crippen molar-refractivity contribution in [2.24, 2.45) is 0 Å². The van der Waals surface area contributed by atoms with Gasteiger partial charge in [-0.05, 0) is 83.5 Å². The third-order valence-corrected chi connectivity index (χ3v) is 19.2. The number of phosphoric ester groups is 1. The molecule has 0 aliphatic heterocycles. The Bertz CT molecular complexity index is 1820. The number of quaternary nitrogens is 1. The number of likely N-dealkylation sites (N-methyl/N-ethyl adjacent to an activating group) is 1. The van der Waals surface area contributed by atoms with Gasteiger partial charge in [-0.3, -0.25) is 18.6 Å². The summed E-state index contributed by atoms with van der Waals surface area (Å²) in [4.78, 5) is 36.0. The number of carbonyl (C=O) groups is 2. The number of hydrogen-bond acceptors (Lipinski definition) is 7. The van der Waals surface area contributed by atoms with E-state index in [4.69, 9.17) is 18.5 Å². The zero-order valence-corrected chi connectivity index (χ0v) is 63.9. The fourth-order valence-corrected chi connectivity index (χ4v) is 12.8. The van der Waals surface area contributed by atoms with Crippen LogP contribution in [0, 0.1) is 0 Å². The predicted octanol–water partition coefficient (Wildman–Crippen LogP) is 27.1. The van der Waals surface area contributed by atoms with Crippen molar-refractivity contribution < 1.29 is 42.1 Å². The highest BCUT2D eigenvalue weighted by Crippen LogP contribution is 2.43. The SMILES string of the molecule is CC/C=C\C/C=C\C/C=C\C/C=C\C/C=C\CCCCCCCCCCCCCCCCCCCCCCCC(=O)OC(COC(=O)CCCCCCCCCCCCCCCCCCCCCCC/C=C\CCCCCCCCCC)COP(=O)(O)OCC[N+](C)(C)C. The largest absolute Gasteiger partial charge is 0.472 e. The molecule has 0 amide bonds. The van der Waals surface area contributed by atoms with Gasteiger partial charge < -0.3 is 18.9 Å². The van der Waals surface area contributed by atoms with Gasteiger partial charge in [0.25, 0.3) is 0 Å². The molecule has 2 atom stereocenters. The molecule has 0 aromatic carbocycles. The molecule has 0 aromatic heterocycles. The van der Waals surface area contributed by atoms with E-state index >= 15 is 0 Å². The van der Waals surface area contributed by atoms with Crippen molar-refractivity contribution in [1.82, 2.24) is 0 Å². The second-order valence-electron chi connectivity index (χ2n) is 28.8. The first-order valence-corrected chi connectivity index (χ1v) is 42.2. The summed E-state index contributed by atoms with van der Waals surface area (Å²) in [5.74, 6) is -0.775. The normalized spacial score (nSPS) is 13.4. The molecule has 0 radical (unpaired) electrons. The number of unbranched alkanes of at least 4 members (excludes halogenated alkanes) is 50. The molecule has 0 fully saturated rings. The lowest BCUT2D eigenvalue weighted by molar-refractivity contribution is -0.870. The minimum Gasteiger partial charge on any atom is -0.462 e. The fourth-order valence-electron chi connectivity index (χ4n) is 12.0. The first-order valence-electron chi connectivity index (χ1n) is 40.7. The summed E-state index contributed by atoms with van der Waals surface area (Å²) in [6.07, 6.45) is 102. The molecule has 9 nitrogen and oxygen atoms in total. The van der Waals surface area contributed by atoms with Gasteiger partial charge in [-0.2, -0.15) is 0 Å². The molecule has 0 bridgehead atoms. The lowest BCUT2D eigenvalue weighted by atomic mass is 10.0. The van der Waals surface area contributed by atoms with E-state index in [1.165, 1.54) is 302 Å². The maximum absolute atomic E-state index is 12.9. The Morgan fingerprint density at radius 3 is 0.915 bits per heavy atom. The van der Waals surface area contributed by atoms with Crippen LogP contribution in [0.4, 0.5) is 0 Å². The van der Waals surface area contributed by atoms with Crippen LogP contribution >= 0.6 is 7.82 Å². The molecule has 0 spiro atoms. The summed E-state index contributed by atoms with van der Waals surface area (Å²) < 4.78 is 34.8. The molecule has 550 valence electrons. The summed E-state index contributed by atoms with van der Waals surface area (Å²) in [6.45, 7) is 4.39. The molecule has 94 heavy (non-hydrogen) atoms. The maximum Gasteiger partial charge on any atom is 0.472 e. The Morgan fingerprint density at radius 1 is 0.340 bits per heavy atom. The van der Waals surface area contributed by atoms with Gasteiger partial charge >= 0.3 is 19.8 Å². The van der Waals surface area contributed by atoms with Crippen LogP contribution < -0.4 is 0 Å². The summed E-state index contributed by atoms with van der Waals surface area (Å²) in [5, 5.41) is 0. The van der Waals surface area contributed by atoms with Crippen molar-refractivity contribution in [3.05, 3.63) is 72.9 Å². The van der Waals surface area contributed by atoms with E-state index in [0.29, 0.717) is 23.9 Å². The molecule has 0 aliphatic carbocycles. The van der Waals surface area contributed by atoms with Crippen molar-refractivity contribution >= 4 is 19.8 Å². The number of allylic oxidation sites excluding steroid dienone is 12. The van der Waals surface area contributed by atoms with Gasteiger partial charge in [0.2, 0.25) is 0 Å². The highest BCUT2D eigenvalue weighted by molar-refractivity contribution is 7.47. The molecular formula is C84H157NO8P+. The topological polar surface area (TPSA) is 108 Å². The van der Waals surface area contributed by atoms with Crippen molar-refractivity contribution in [1.29, 1.82) is 0 Å². The molecule has 1 N–H and O–H groups in total. The average Bonchev–Trinajstić information content (AvgIpc) is 1.56. The van der Waals surface area contributed by atoms with Crippen molar-refractivity contribution in [3.63, 3.8) is 0 Å². The standard InChI is InChI=1S/C84H156NO8P/c1-6-8-10-12-14-16-18-20-22-24-26-28-30-32-34-36-38-40-41-42-43-45-47-49-51-53-55-57-59-61-63-65-67-69-71-73-75-77-84(87)93-82(81-92-94(88,89)91-79-78-85(3,4)5)80-90-83(86)76-74-72-70-68-66-64-62-60-58-56-54-52-50-48-46-44-39-37-35-33-31-29-27-25-23-21-19-17-15-13-11-9-7-2/h8,10,14,16,20,22,25-28,32,34,82H,6-7,9,11-13,15,17-19,21,23-24,29-31,33,35-81H2,1-5H3/p+1/b10-8-,16-14-,22-20-,27-25-,28-26-,34-32-. The maximum atomic E-state index is 12.9. The number of esters is 2. The van der Waals surface area contributed by atoms with Gasteiger partial charge in [0.1, 0.15) is 19.8 Å². The summed E-state index contributed by atoms with van der Waals surface area (Å²) >= 11 is 0. The highest BCUT2D eigenvalue weighted by Gasteiger charge is 2.27. The molecule has 2 unspecified atom stereocenters. The molecule has 0 aromatic rings. The second-order valence-corrected chi connectivity index (χ2v) is 30.2. The molecule has 0 saturated heterocycles. The van der Waals surface area contributed by atoms with Crippen molar-refractivity contribution in [2.45, 2.75) is 405 Å². The van der Waals surface area contributed by atoms with Crippen LogP contribution in [0.5, 0.6) is 0 Å².